The van der Waals surface area contributed by atoms with Crippen LogP contribution in [0.5, 0.6) is 0 Å². The first-order chi connectivity index (χ1) is 19.9. The third-order valence-corrected chi connectivity index (χ3v) is 8.70. The number of nitrogens with one attached hydrogen (secondary N) is 2. The number of carbonyl (C=O) groups is 1. The van der Waals surface area contributed by atoms with Gasteiger partial charge >= 0.3 is 0 Å². The van der Waals surface area contributed by atoms with E-state index in [1.807, 2.05) is 10.6 Å². The first-order valence-corrected chi connectivity index (χ1v) is 15.0. The van der Waals surface area contributed by atoms with Crippen molar-refractivity contribution in [3.05, 3.63) is 70.0 Å². The van der Waals surface area contributed by atoms with E-state index in [9.17, 15) is 14.4 Å². The van der Waals surface area contributed by atoms with E-state index in [-0.39, 0.29) is 16.0 Å². The fourth-order valence-electron chi connectivity index (χ4n) is 4.96. The number of thiophene rings is 1. The Morgan fingerprint density at radius 3 is 2.59 bits per heavy atom. The highest BCUT2D eigenvalue weighted by atomic mass is 32.1. The second-order valence-electron chi connectivity index (χ2n) is 9.52. The summed E-state index contributed by atoms with van der Waals surface area (Å²) < 4.78 is 3.92. The van der Waals surface area contributed by atoms with Gasteiger partial charge in [-0.3, -0.25) is 23.5 Å². The zero-order chi connectivity index (χ0) is 28.9. The van der Waals surface area contributed by atoms with Crippen molar-refractivity contribution >= 4 is 74.8 Å². The highest BCUT2D eigenvalue weighted by molar-refractivity contribution is 7.80. The van der Waals surface area contributed by atoms with Gasteiger partial charge < -0.3 is 10.6 Å². The minimum absolute atomic E-state index is 0.0901. The van der Waals surface area contributed by atoms with Crippen LogP contribution in [0, 0.1) is 0 Å². The number of anilines is 2. The molecule has 4 aromatic heterocycles. The molecular weight excluding hydrogens is 579 g/mol. The smallest absolute Gasteiger partial charge is 0.271 e. The quantitative estimate of drug-likeness (QED) is 0.152. The van der Waals surface area contributed by atoms with Crippen LogP contribution < -0.4 is 21.8 Å². The van der Waals surface area contributed by atoms with Crippen molar-refractivity contribution in [2.75, 3.05) is 17.2 Å². The van der Waals surface area contributed by atoms with Crippen LogP contribution in [0.4, 0.5) is 11.4 Å². The lowest BCUT2D eigenvalue weighted by Crippen LogP contribution is -2.26. The first-order valence-electron chi connectivity index (χ1n) is 13.2. The van der Waals surface area contributed by atoms with Gasteiger partial charge in [0.05, 0.1) is 33.5 Å². The Balaban J connectivity index is 0.000000170. The zero-order valence-electron chi connectivity index (χ0n) is 22.3. The Labute approximate surface area is 250 Å². The van der Waals surface area contributed by atoms with E-state index in [1.165, 1.54) is 47.7 Å². The lowest BCUT2D eigenvalue weighted by atomic mass is 9.95. The number of amides is 1. The van der Waals surface area contributed by atoms with Crippen LogP contribution in [0.15, 0.2) is 68.7 Å². The number of rotatable bonds is 6. The van der Waals surface area contributed by atoms with Gasteiger partial charge in [-0.25, -0.2) is 15.0 Å². The van der Waals surface area contributed by atoms with Crippen molar-refractivity contribution in [3.8, 4) is 5.69 Å². The molecule has 0 saturated heterocycles. The summed E-state index contributed by atoms with van der Waals surface area (Å²) in [5.74, 6) is 0. The molecule has 41 heavy (non-hydrogen) atoms. The molecule has 13 heteroatoms. The molecule has 1 aromatic carbocycles. The molecule has 0 spiro atoms. The summed E-state index contributed by atoms with van der Waals surface area (Å²) in [6.45, 7) is 2.89. The molecular formula is C28H29N7O3S3. The van der Waals surface area contributed by atoms with E-state index in [0.29, 0.717) is 28.7 Å². The Morgan fingerprint density at radius 1 is 1.02 bits per heavy atom. The number of benzene rings is 1. The molecule has 4 heterocycles. The molecule has 0 aliphatic heterocycles. The number of pyridine rings is 1. The third-order valence-electron chi connectivity index (χ3n) is 6.93. The Hall–Kier alpha value is -3.68. The summed E-state index contributed by atoms with van der Waals surface area (Å²) in [7, 11) is 0. The van der Waals surface area contributed by atoms with Crippen LogP contribution in [-0.4, -0.2) is 37.0 Å². The van der Waals surface area contributed by atoms with Crippen LogP contribution in [0.3, 0.4) is 0 Å². The summed E-state index contributed by atoms with van der Waals surface area (Å²) in [6, 6.07) is 7.27. The largest absolute Gasteiger partial charge is 0.385 e. The molecule has 0 bridgehead atoms. The molecule has 1 amide bonds. The minimum Gasteiger partial charge on any atom is -0.385 e. The maximum Gasteiger partial charge on any atom is 0.271 e. The second kappa shape index (κ2) is 12.9. The zero-order valence-corrected chi connectivity index (χ0v) is 24.9. The molecule has 1 saturated carbocycles. The van der Waals surface area contributed by atoms with Crippen LogP contribution in [0.25, 0.3) is 26.1 Å². The van der Waals surface area contributed by atoms with E-state index in [1.54, 1.807) is 30.7 Å². The van der Waals surface area contributed by atoms with Gasteiger partial charge in [0.1, 0.15) is 15.9 Å². The van der Waals surface area contributed by atoms with E-state index in [2.05, 4.69) is 57.8 Å². The summed E-state index contributed by atoms with van der Waals surface area (Å²) in [6.07, 6.45) is 12.7. The maximum absolute atomic E-state index is 13.0. The van der Waals surface area contributed by atoms with Crippen molar-refractivity contribution in [2.45, 2.75) is 54.9 Å². The lowest BCUT2D eigenvalue weighted by Gasteiger charge is -2.23. The van der Waals surface area contributed by atoms with Gasteiger partial charge in [0.15, 0.2) is 0 Å². The Bertz CT molecular complexity index is 1830. The SMILES string of the molecule is CCNc1ccnc2sc3c(=O)n(C4CCCCC4)cnc3c12.O=CNc1cc(-n2cncc(S)c2=O)ccc1S. The molecule has 0 unspecified atom stereocenters. The number of fused-ring (bicyclic) bond motifs is 3. The van der Waals surface area contributed by atoms with E-state index >= 15 is 0 Å². The molecule has 5 aromatic rings. The van der Waals surface area contributed by atoms with Crippen molar-refractivity contribution in [2.24, 2.45) is 0 Å². The van der Waals surface area contributed by atoms with Gasteiger partial charge in [0.2, 0.25) is 6.41 Å². The summed E-state index contributed by atoms with van der Waals surface area (Å²) >= 11 is 9.68. The number of hydrogen-bond donors (Lipinski definition) is 4. The van der Waals surface area contributed by atoms with E-state index in [4.69, 9.17) is 0 Å². The van der Waals surface area contributed by atoms with Gasteiger partial charge in [0.25, 0.3) is 11.1 Å². The third kappa shape index (κ3) is 6.02. The molecule has 10 nitrogen and oxygen atoms in total. The fourth-order valence-corrected chi connectivity index (χ4v) is 6.40. The van der Waals surface area contributed by atoms with E-state index in [0.717, 1.165) is 45.5 Å². The van der Waals surface area contributed by atoms with Crippen LogP contribution in [0.1, 0.15) is 45.1 Å². The maximum atomic E-state index is 13.0. The fraction of sp³-hybridized carbons (Fsp3) is 0.286. The summed E-state index contributed by atoms with van der Waals surface area (Å²) in [5, 5.41) is 6.83. The van der Waals surface area contributed by atoms with Gasteiger partial charge in [-0.05, 0) is 44.0 Å². The first kappa shape index (κ1) is 28.8. The number of aromatic nitrogens is 5. The molecule has 6 rings (SSSR count). The molecule has 1 aliphatic carbocycles. The molecule has 1 fully saturated rings. The van der Waals surface area contributed by atoms with Crippen molar-refractivity contribution in [3.63, 3.8) is 0 Å². The van der Waals surface area contributed by atoms with Crippen LogP contribution in [-0.2, 0) is 4.79 Å². The topological polar surface area (TPSA) is 124 Å². The highest BCUT2D eigenvalue weighted by Crippen LogP contribution is 2.35. The second-order valence-corrected chi connectivity index (χ2v) is 11.5. The summed E-state index contributed by atoms with van der Waals surface area (Å²) in [4.78, 5) is 50.0. The Morgan fingerprint density at radius 2 is 1.83 bits per heavy atom. The van der Waals surface area contributed by atoms with Crippen LogP contribution in [0.2, 0.25) is 0 Å². The lowest BCUT2D eigenvalue weighted by molar-refractivity contribution is -0.105. The van der Waals surface area contributed by atoms with Crippen LogP contribution >= 0.6 is 36.6 Å². The number of hydrogen-bond acceptors (Lipinski definition) is 10. The predicted molar refractivity (Wildman–Crippen MR) is 169 cm³/mol. The number of carbonyl (C=O) groups excluding carboxylic acids is 1. The molecule has 212 valence electrons. The normalized spacial score (nSPS) is 13.5. The standard InChI is InChI=1S/C17H20N4OS.C11H9N3O2S2/c1-2-18-12-8-9-19-16-13(12)14-15(23-16)17(22)21(10-20-14)11-6-4-3-5-7-11;15-6-13-8-3-7(1-2-9(8)17)14-5-12-4-10(18)11(14)16/h8-11H,2-7H2,1H3,(H,18,19);1-6,17-18H,(H,13,15). The average molecular weight is 608 g/mol. The average Bonchev–Trinajstić information content (AvgIpc) is 3.38. The van der Waals surface area contributed by atoms with Crippen molar-refractivity contribution in [1.82, 2.24) is 24.1 Å². The van der Waals surface area contributed by atoms with Gasteiger partial charge in [0, 0.05) is 35.6 Å². The highest BCUT2D eigenvalue weighted by Gasteiger charge is 2.20. The molecule has 1 aliphatic rings. The minimum atomic E-state index is -0.280. The van der Waals surface area contributed by atoms with Gasteiger partial charge in [-0.15, -0.1) is 36.6 Å². The monoisotopic (exact) mass is 607 g/mol. The van der Waals surface area contributed by atoms with Gasteiger partial charge in [-0.1, -0.05) is 19.3 Å². The predicted octanol–water partition coefficient (Wildman–Crippen LogP) is 5.32. The molecule has 2 N–H and O–H groups in total. The Kier molecular flexibility index (Phi) is 9.06. The number of nitrogens with zero attached hydrogens (tertiary/aromatic N) is 5. The van der Waals surface area contributed by atoms with E-state index < -0.39 is 0 Å². The van der Waals surface area contributed by atoms with Crippen molar-refractivity contribution < 1.29 is 4.79 Å². The molecule has 0 atom stereocenters. The molecule has 0 radical (unpaired) electrons. The van der Waals surface area contributed by atoms with Crippen molar-refractivity contribution in [1.29, 1.82) is 0 Å². The summed E-state index contributed by atoms with van der Waals surface area (Å²) in [5.41, 5.74) is 2.69. The van der Waals surface area contributed by atoms with Gasteiger partial charge in [-0.2, -0.15) is 0 Å². The number of thiol groups is 2.